The van der Waals surface area contributed by atoms with E-state index in [1.54, 1.807) is 7.05 Å². The molecule has 0 bridgehead atoms. The first-order valence-electron chi connectivity index (χ1n) is 8.90. The lowest BCUT2D eigenvalue weighted by molar-refractivity contribution is -0.129. The molecule has 1 saturated heterocycles. The van der Waals surface area contributed by atoms with Crippen molar-refractivity contribution in [2.75, 3.05) is 20.1 Å². The van der Waals surface area contributed by atoms with Gasteiger partial charge in [0.25, 0.3) is 0 Å². The van der Waals surface area contributed by atoms with Gasteiger partial charge in [-0.25, -0.2) is 0 Å². The van der Waals surface area contributed by atoms with Crippen molar-refractivity contribution in [3.05, 3.63) is 64.7 Å². The zero-order chi connectivity index (χ0) is 18.6. The van der Waals surface area contributed by atoms with Gasteiger partial charge in [0.2, 0.25) is 5.91 Å². The summed E-state index contributed by atoms with van der Waals surface area (Å²) in [4.78, 5) is 14.4. The fourth-order valence-electron chi connectivity index (χ4n) is 3.45. The molecule has 0 spiro atoms. The number of carbonyl (C=O) groups excluding carboxylic acids is 1. The lowest BCUT2D eigenvalue weighted by Gasteiger charge is -2.23. The van der Waals surface area contributed by atoms with E-state index in [-0.39, 0.29) is 11.3 Å². The third-order valence-electron chi connectivity index (χ3n) is 4.98. The molecule has 26 heavy (non-hydrogen) atoms. The molecule has 0 radical (unpaired) electrons. The number of carbonyl (C=O) groups is 1. The number of benzene rings is 2. The summed E-state index contributed by atoms with van der Waals surface area (Å²) >= 11 is 6.18. The van der Waals surface area contributed by atoms with Crippen LogP contribution in [0, 0.1) is 5.41 Å². The van der Waals surface area contributed by atoms with Crippen LogP contribution in [0.15, 0.2) is 48.5 Å². The van der Waals surface area contributed by atoms with Crippen molar-refractivity contribution in [3.8, 4) is 5.75 Å². The molecule has 1 atom stereocenters. The number of ether oxygens (including phenoxy) is 1. The molecular formula is C21H25ClN2O2. The molecule has 1 N–H and O–H groups in total. The highest BCUT2D eigenvalue weighted by Crippen LogP contribution is 2.31. The molecule has 5 heteroatoms. The van der Waals surface area contributed by atoms with Crippen molar-refractivity contribution in [1.29, 1.82) is 0 Å². The van der Waals surface area contributed by atoms with Crippen molar-refractivity contribution in [2.24, 2.45) is 5.41 Å². The maximum Gasteiger partial charge on any atom is 0.227 e. The molecule has 3 rings (SSSR count). The SMILES string of the molecule is CNC(=O)C1(C)CCN(Cc2cccc(OCc3ccccc3Cl)c2)C1. The normalized spacial score (nSPS) is 20.1. The molecule has 0 aromatic heterocycles. The molecule has 4 nitrogen and oxygen atoms in total. The van der Waals surface area contributed by atoms with Gasteiger partial charge in [-0.15, -0.1) is 0 Å². The number of hydrogen-bond donors (Lipinski definition) is 1. The minimum Gasteiger partial charge on any atom is -0.489 e. The van der Waals surface area contributed by atoms with Crippen molar-refractivity contribution in [1.82, 2.24) is 10.2 Å². The molecule has 2 aromatic carbocycles. The van der Waals surface area contributed by atoms with Gasteiger partial charge in [-0.3, -0.25) is 9.69 Å². The molecule has 1 aliphatic heterocycles. The Labute approximate surface area is 160 Å². The summed E-state index contributed by atoms with van der Waals surface area (Å²) in [6, 6.07) is 15.8. The summed E-state index contributed by atoms with van der Waals surface area (Å²) in [6.45, 7) is 5.00. The highest BCUT2D eigenvalue weighted by atomic mass is 35.5. The van der Waals surface area contributed by atoms with Crippen molar-refractivity contribution >= 4 is 17.5 Å². The van der Waals surface area contributed by atoms with E-state index in [0.717, 1.165) is 37.4 Å². The summed E-state index contributed by atoms with van der Waals surface area (Å²) < 4.78 is 5.91. The molecule has 1 aliphatic rings. The van der Waals surface area contributed by atoms with E-state index >= 15 is 0 Å². The highest BCUT2D eigenvalue weighted by molar-refractivity contribution is 6.31. The minimum atomic E-state index is -0.299. The predicted octanol–water partition coefficient (Wildman–Crippen LogP) is 3.88. The second kappa shape index (κ2) is 8.11. The predicted molar refractivity (Wildman–Crippen MR) is 104 cm³/mol. The highest BCUT2D eigenvalue weighted by Gasteiger charge is 2.39. The van der Waals surface area contributed by atoms with Crippen LogP contribution >= 0.6 is 11.6 Å². The Morgan fingerprint density at radius 2 is 2.08 bits per heavy atom. The van der Waals surface area contributed by atoms with Crippen LogP contribution in [0.1, 0.15) is 24.5 Å². The van der Waals surface area contributed by atoms with Gasteiger partial charge in [-0.05, 0) is 43.7 Å². The van der Waals surface area contributed by atoms with Gasteiger partial charge in [-0.1, -0.05) is 41.9 Å². The topological polar surface area (TPSA) is 41.6 Å². The van der Waals surface area contributed by atoms with Crippen LogP contribution in [0.5, 0.6) is 5.75 Å². The molecule has 1 unspecified atom stereocenters. The standard InChI is InChI=1S/C21H25ClN2O2/c1-21(20(25)23-2)10-11-24(15-21)13-16-6-5-8-18(12-16)26-14-17-7-3-4-9-19(17)22/h3-9,12H,10-11,13-15H2,1-2H3,(H,23,25). The summed E-state index contributed by atoms with van der Waals surface area (Å²) in [6.07, 6.45) is 0.884. The van der Waals surface area contributed by atoms with Crippen molar-refractivity contribution in [3.63, 3.8) is 0 Å². The van der Waals surface area contributed by atoms with Crippen LogP contribution in [0.4, 0.5) is 0 Å². The van der Waals surface area contributed by atoms with Gasteiger partial charge in [0, 0.05) is 30.7 Å². The van der Waals surface area contributed by atoms with Gasteiger partial charge >= 0.3 is 0 Å². The Morgan fingerprint density at radius 1 is 1.27 bits per heavy atom. The van der Waals surface area contributed by atoms with Gasteiger partial charge in [0.15, 0.2) is 0 Å². The average molecular weight is 373 g/mol. The summed E-state index contributed by atoms with van der Waals surface area (Å²) in [7, 11) is 1.70. The quantitative estimate of drug-likeness (QED) is 0.836. The fourth-order valence-corrected chi connectivity index (χ4v) is 3.64. The number of amides is 1. The fraction of sp³-hybridized carbons (Fsp3) is 0.381. The summed E-state index contributed by atoms with van der Waals surface area (Å²) in [5.74, 6) is 0.951. The smallest absolute Gasteiger partial charge is 0.227 e. The Balaban J connectivity index is 1.60. The van der Waals surface area contributed by atoms with E-state index in [9.17, 15) is 4.79 Å². The van der Waals surface area contributed by atoms with E-state index in [1.807, 2.05) is 43.3 Å². The molecular weight excluding hydrogens is 348 g/mol. The van der Waals surface area contributed by atoms with Crippen LogP contribution < -0.4 is 10.1 Å². The molecule has 138 valence electrons. The number of nitrogens with zero attached hydrogens (tertiary/aromatic N) is 1. The van der Waals surface area contributed by atoms with E-state index in [4.69, 9.17) is 16.3 Å². The average Bonchev–Trinajstić information content (AvgIpc) is 3.02. The van der Waals surface area contributed by atoms with E-state index in [1.165, 1.54) is 5.56 Å². The summed E-state index contributed by atoms with van der Waals surface area (Å²) in [5, 5.41) is 3.50. The molecule has 2 aromatic rings. The second-order valence-electron chi connectivity index (χ2n) is 7.13. The van der Waals surface area contributed by atoms with Gasteiger partial charge in [0.05, 0.1) is 5.41 Å². The van der Waals surface area contributed by atoms with Crippen LogP contribution in [0.2, 0.25) is 5.02 Å². The third kappa shape index (κ3) is 4.37. The number of rotatable bonds is 6. The van der Waals surface area contributed by atoms with Crippen LogP contribution in [0.3, 0.4) is 0 Å². The number of halogens is 1. The largest absolute Gasteiger partial charge is 0.489 e. The molecule has 1 fully saturated rings. The van der Waals surface area contributed by atoms with Gasteiger partial charge < -0.3 is 10.1 Å². The van der Waals surface area contributed by atoms with Gasteiger partial charge in [0.1, 0.15) is 12.4 Å². The maximum absolute atomic E-state index is 12.1. The van der Waals surface area contributed by atoms with E-state index in [0.29, 0.717) is 11.6 Å². The third-order valence-corrected chi connectivity index (χ3v) is 5.35. The zero-order valence-electron chi connectivity index (χ0n) is 15.3. The van der Waals surface area contributed by atoms with Crippen LogP contribution in [-0.2, 0) is 17.9 Å². The lowest BCUT2D eigenvalue weighted by Crippen LogP contribution is -2.39. The Bertz CT molecular complexity index is 780. The number of nitrogens with one attached hydrogen (secondary N) is 1. The Kier molecular flexibility index (Phi) is 5.84. The van der Waals surface area contributed by atoms with Crippen molar-refractivity contribution in [2.45, 2.75) is 26.5 Å². The Hall–Kier alpha value is -2.04. The molecule has 0 aliphatic carbocycles. The van der Waals surface area contributed by atoms with Crippen molar-refractivity contribution < 1.29 is 9.53 Å². The Morgan fingerprint density at radius 3 is 2.85 bits per heavy atom. The van der Waals surface area contributed by atoms with Crippen LogP contribution in [0.25, 0.3) is 0 Å². The first-order valence-corrected chi connectivity index (χ1v) is 9.28. The molecule has 0 saturated carbocycles. The first kappa shape index (κ1) is 18.7. The minimum absolute atomic E-state index is 0.122. The molecule has 1 amide bonds. The number of hydrogen-bond acceptors (Lipinski definition) is 3. The monoisotopic (exact) mass is 372 g/mol. The van der Waals surface area contributed by atoms with E-state index in [2.05, 4.69) is 22.3 Å². The van der Waals surface area contributed by atoms with Crippen LogP contribution in [-0.4, -0.2) is 30.9 Å². The van der Waals surface area contributed by atoms with E-state index < -0.39 is 0 Å². The summed E-state index contributed by atoms with van der Waals surface area (Å²) in [5.41, 5.74) is 1.86. The number of likely N-dealkylation sites (tertiary alicyclic amines) is 1. The van der Waals surface area contributed by atoms with Gasteiger partial charge in [-0.2, -0.15) is 0 Å². The lowest BCUT2D eigenvalue weighted by atomic mass is 9.89. The first-order chi connectivity index (χ1) is 12.5. The second-order valence-corrected chi connectivity index (χ2v) is 7.54. The zero-order valence-corrected chi connectivity index (χ0v) is 16.1. The molecule has 1 heterocycles. The maximum atomic E-state index is 12.1.